The summed E-state index contributed by atoms with van der Waals surface area (Å²) >= 11 is 0. The summed E-state index contributed by atoms with van der Waals surface area (Å²) < 4.78 is 0. The fourth-order valence-corrected chi connectivity index (χ4v) is 2.17. The molecule has 0 amide bonds. The van der Waals surface area contributed by atoms with Gasteiger partial charge in [-0.3, -0.25) is 4.99 Å². The lowest BCUT2D eigenvalue weighted by molar-refractivity contribution is 0.319. The lowest BCUT2D eigenvalue weighted by atomic mass is 9.97. The van der Waals surface area contributed by atoms with Crippen LogP contribution in [0.1, 0.15) is 11.1 Å². The lowest BCUT2D eigenvalue weighted by Crippen LogP contribution is -2.38. The standard InChI is InChI=1S/C11H11N3O/c15-13-10-9-4-2-1-3-8(9)7-14-6-5-12-11(10)14/h1-4,15H,5-7H2/b13-10+. The van der Waals surface area contributed by atoms with Gasteiger partial charge >= 0.3 is 0 Å². The van der Waals surface area contributed by atoms with Crippen LogP contribution in [0, 0.1) is 0 Å². The maximum Gasteiger partial charge on any atom is 0.154 e. The Morgan fingerprint density at radius 3 is 3.07 bits per heavy atom. The van der Waals surface area contributed by atoms with E-state index >= 15 is 0 Å². The summed E-state index contributed by atoms with van der Waals surface area (Å²) in [5.74, 6) is 0.830. The molecule has 76 valence electrons. The molecule has 1 N–H and O–H groups in total. The number of amidine groups is 1. The third-order valence-electron chi connectivity index (χ3n) is 2.88. The van der Waals surface area contributed by atoms with Crippen molar-refractivity contribution in [2.45, 2.75) is 6.54 Å². The molecule has 0 atom stereocenters. The molecule has 4 heteroatoms. The zero-order valence-electron chi connectivity index (χ0n) is 8.22. The third-order valence-corrected chi connectivity index (χ3v) is 2.88. The number of benzene rings is 1. The monoisotopic (exact) mass is 201 g/mol. The van der Waals surface area contributed by atoms with Crippen molar-refractivity contribution in [3.63, 3.8) is 0 Å². The minimum atomic E-state index is 0.606. The second-order valence-electron chi connectivity index (χ2n) is 3.73. The zero-order valence-corrected chi connectivity index (χ0v) is 8.22. The van der Waals surface area contributed by atoms with Crippen LogP contribution in [0.2, 0.25) is 0 Å². The Morgan fingerprint density at radius 2 is 2.20 bits per heavy atom. The van der Waals surface area contributed by atoms with Crippen molar-refractivity contribution in [1.82, 2.24) is 4.90 Å². The summed E-state index contributed by atoms with van der Waals surface area (Å²) in [5, 5.41) is 12.4. The minimum absolute atomic E-state index is 0.606. The van der Waals surface area contributed by atoms with E-state index in [0.29, 0.717) is 5.71 Å². The van der Waals surface area contributed by atoms with E-state index < -0.39 is 0 Å². The van der Waals surface area contributed by atoms with Crippen LogP contribution >= 0.6 is 0 Å². The fraction of sp³-hybridized carbons (Fsp3) is 0.273. The number of hydrogen-bond acceptors (Lipinski definition) is 4. The summed E-state index contributed by atoms with van der Waals surface area (Å²) in [6, 6.07) is 8.00. The Bertz CT molecular complexity index is 465. The first-order valence-corrected chi connectivity index (χ1v) is 5.00. The molecule has 4 nitrogen and oxygen atoms in total. The number of aliphatic imine (C=N–C) groups is 1. The molecule has 3 rings (SSSR count). The highest BCUT2D eigenvalue weighted by atomic mass is 16.4. The number of hydrogen-bond donors (Lipinski definition) is 1. The largest absolute Gasteiger partial charge is 0.410 e. The number of nitrogens with zero attached hydrogens (tertiary/aromatic N) is 3. The van der Waals surface area contributed by atoms with Crippen molar-refractivity contribution in [3.8, 4) is 0 Å². The average molecular weight is 201 g/mol. The van der Waals surface area contributed by atoms with Crippen molar-refractivity contribution in [1.29, 1.82) is 0 Å². The van der Waals surface area contributed by atoms with Crippen molar-refractivity contribution >= 4 is 11.5 Å². The first-order valence-electron chi connectivity index (χ1n) is 5.00. The Morgan fingerprint density at radius 1 is 1.33 bits per heavy atom. The van der Waals surface area contributed by atoms with Gasteiger partial charge in [-0.25, -0.2) is 0 Å². The van der Waals surface area contributed by atoms with Gasteiger partial charge in [0.05, 0.1) is 6.54 Å². The molecule has 2 aliphatic heterocycles. The fourth-order valence-electron chi connectivity index (χ4n) is 2.17. The molecule has 15 heavy (non-hydrogen) atoms. The summed E-state index contributed by atoms with van der Waals surface area (Å²) in [4.78, 5) is 6.51. The van der Waals surface area contributed by atoms with E-state index in [1.165, 1.54) is 5.56 Å². The predicted molar refractivity (Wildman–Crippen MR) is 57.5 cm³/mol. The normalized spacial score (nSPS) is 21.2. The van der Waals surface area contributed by atoms with Gasteiger partial charge in [0.15, 0.2) is 11.5 Å². The van der Waals surface area contributed by atoms with Gasteiger partial charge in [-0.05, 0) is 5.56 Å². The van der Waals surface area contributed by atoms with Crippen LogP contribution in [0.15, 0.2) is 34.4 Å². The molecule has 1 aromatic rings. The second kappa shape index (κ2) is 3.08. The van der Waals surface area contributed by atoms with Crippen LogP contribution in [0.5, 0.6) is 0 Å². The molecule has 0 radical (unpaired) electrons. The van der Waals surface area contributed by atoms with Gasteiger partial charge in [0.1, 0.15) is 0 Å². The molecular weight excluding hydrogens is 190 g/mol. The Kier molecular flexibility index (Phi) is 1.74. The molecule has 0 bridgehead atoms. The highest BCUT2D eigenvalue weighted by Gasteiger charge is 2.30. The molecule has 2 aliphatic rings. The summed E-state index contributed by atoms with van der Waals surface area (Å²) in [5.41, 5.74) is 2.80. The van der Waals surface area contributed by atoms with E-state index in [0.717, 1.165) is 31.0 Å². The first-order chi connectivity index (χ1) is 7.40. The first kappa shape index (κ1) is 8.47. The smallest absolute Gasteiger partial charge is 0.154 e. The Balaban J connectivity index is 2.19. The summed E-state index contributed by atoms with van der Waals surface area (Å²) in [6.45, 7) is 2.58. The quantitative estimate of drug-likeness (QED) is 0.504. The molecule has 0 unspecified atom stereocenters. The van der Waals surface area contributed by atoms with E-state index in [-0.39, 0.29) is 0 Å². The molecule has 0 spiro atoms. The molecule has 0 aliphatic carbocycles. The zero-order chi connectivity index (χ0) is 10.3. The van der Waals surface area contributed by atoms with Gasteiger partial charge in [-0.1, -0.05) is 29.4 Å². The van der Waals surface area contributed by atoms with Crippen molar-refractivity contribution in [2.24, 2.45) is 10.1 Å². The maximum atomic E-state index is 9.07. The maximum absolute atomic E-state index is 9.07. The Labute approximate surface area is 87.5 Å². The topological polar surface area (TPSA) is 48.2 Å². The van der Waals surface area contributed by atoms with Crippen LogP contribution in [0.4, 0.5) is 0 Å². The average Bonchev–Trinajstić information content (AvgIpc) is 2.73. The van der Waals surface area contributed by atoms with Crippen LogP contribution in [-0.2, 0) is 6.54 Å². The SMILES string of the molecule is O/N=C1/C2=NCCN2Cc2ccccc21. The molecule has 0 saturated carbocycles. The van der Waals surface area contributed by atoms with Gasteiger partial charge in [0, 0.05) is 18.7 Å². The third kappa shape index (κ3) is 1.14. The van der Waals surface area contributed by atoms with Gasteiger partial charge in [0.2, 0.25) is 0 Å². The molecular formula is C11H11N3O. The van der Waals surface area contributed by atoms with E-state index in [4.69, 9.17) is 5.21 Å². The lowest BCUT2D eigenvalue weighted by Gasteiger charge is -2.27. The van der Waals surface area contributed by atoms with E-state index in [1.807, 2.05) is 18.2 Å². The molecule has 2 heterocycles. The van der Waals surface area contributed by atoms with Crippen LogP contribution < -0.4 is 0 Å². The number of oxime groups is 1. The van der Waals surface area contributed by atoms with Gasteiger partial charge in [0.25, 0.3) is 0 Å². The number of rotatable bonds is 0. The predicted octanol–water partition coefficient (Wildman–Crippen LogP) is 1.09. The second-order valence-corrected chi connectivity index (χ2v) is 3.73. The molecule has 1 aromatic carbocycles. The van der Waals surface area contributed by atoms with Gasteiger partial charge in [-0.15, -0.1) is 0 Å². The van der Waals surface area contributed by atoms with Crippen LogP contribution in [-0.4, -0.2) is 34.7 Å². The van der Waals surface area contributed by atoms with Gasteiger partial charge < -0.3 is 10.1 Å². The van der Waals surface area contributed by atoms with Crippen LogP contribution in [0.25, 0.3) is 0 Å². The van der Waals surface area contributed by atoms with Crippen molar-refractivity contribution in [3.05, 3.63) is 35.4 Å². The highest BCUT2D eigenvalue weighted by molar-refractivity contribution is 6.48. The van der Waals surface area contributed by atoms with Crippen molar-refractivity contribution in [2.75, 3.05) is 13.1 Å². The molecule has 0 fully saturated rings. The van der Waals surface area contributed by atoms with Gasteiger partial charge in [-0.2, -0.15) is 0 Å². The summed E-state index contributed by atoms with van der Waals surface area (Å²) in [7, 11) is 0. The Hall–Kier alpha value is -1.84. The minimum Gasteiger partial charge on any atom is -0.410 e. The number of fused-ring (bicyclic) bond motifs is 2. The van der Waals surface area contributed by atoms with E-state index in [1.54, 1.807) is 0 Å². The van der Waals surface area contributed by atoms with Crippen molar-refractivity contribution < 1.29 is 5.21 Å². The molecule has 0 aromatic heterocycles. The molecule has 0 saturated heterocycles. The van der Waals surface area contributed by atoms with E-state index in [2.05, 4.69) is 21.1 Å². The van der Waals surface area contributed by atoms with Crippen LogP contribution in [0.3, 0.4) is 0 Å². The highest BCUT2D eigenvalue weighted by Crippen LogP contribution is 2.22. The van der Waals surface area contributed by atoms with E-state index in [9.17, 15) is 0 Å². The summed E-state index contributed by atoms with van der Waals surface area (Å²) in [6.07, 6.45) is 0.